The minimum atomic E-state index is 0.203. The Morgan fingerprint density at radius 1 is 1.23 bits per heavy atom. The summed E-state index contributed by atoms with van der Waals surface area (Å²) < 4.78 is 0. The molecule has 1 saturated heterocycles. The largest absolute Gasteiger partial charge is 0.396 e. The first-order chi connectivity index (χ1) is 10.5. The van der Waals surface area contributed by atoms with Gasteiger partial charge in [-0.1, -0.05) is 32.9 Å². The van der Waals surface area contributed by atoms with E-state index in [2.05, 4.69) is 55.3 Å². The lowest BCUT2D eigenvalue weighted by molar-refractivity contribution is 0.131. The quantitative estimate of drug-likeness (QED) is 0.790. The first-order valence-electron chi connectivity index (χ1n) is 8.66. The fourth-order valence-corrected chi connectivity index (χ4v) is 3.02. The van der Waals surface area contributed by atoms with Gasteiger partial charge in [0.05, 0.1) is 0 Å². The number of piperidine rings is 1. The zero-order valence-electron chi connectivity index (χ0n) is 14.4. The number of aliphatic hydroxyl groups excluding tert-OH is 1. The van der Waals surface area contributed by atoms with E-state index >= 15 is 0 Å². The Kier molecular flexibility index (Phi) is 6.27. The number of benzene rings is 1. The second-order valence-corrected chi connectivity index (χ2v) is 7.58. The Hall–Kier alpha value is -1.06. The molecule has 22 heavy (non-hydrogen) atoms. The number of aliphatic hydroxyl groups is 1. The number of likely N-dealkylation sites (tertiary alicyclic amines) is 1. The molecule has 3 nitrogen and oxygen atoms in total. The Bertz CT molecular complexity index is 445. The van der Waals surface area contributed by atoms with Crippen LogP contribution in [-0.2, 0) is 5.41 Å². The molecule has 1 heterocycles. The maximum Gasteiger partial charge on any atom is 0.0460 e. The number of hydrogen-bond donors (Lipinski definition) is 2. The van der Waals surface area contributed by atoms with E-state index in [1.165, 1.54) is 17.7 Å². The standard InChI is InChI=1S/C19H32N2O/c1-19(2,3)17-6-4-7-18(14-17)20-10-5-11-21-12-8-16(15-22)9-13-21/h4,6-7,14,16,20,22H,5,8-13,15H2,1-3H3. The lowest BCUT2D eigenvalue weighted by atomic mass is 9.87. The Morgan fingerprint density at radius 3 is 2.59 bits per heavy atom. The molecule has 0 bridgehead atoms. The molecule has 1 aromatic carbocycles. The Balaban J connectivity index is 1.69. The molecule has 2 rings (SSSR count). The lowest BCUT2D eigenvalue weighted by Gasteiger charge is -2.31. The van der Waals surface area contributed by atoms with Crippen LogP contribution in [0.15, 0.2) is 24.3 Å². The van der Waals surface area contributed by atoms with Crippen LogP contribution in [0.2, 0.25) is 0 Å². The maximum absolute atomic E-state index is 9.17. The molecule has 1 aliphatic heterocycles. The highest BCUT2D eigenvalue weighted by Gasteiger charge is 2.17. The van der Waals surface area contributed by atoms with E-state index in [-0.39, 0.29) is 5.41 Å². The van der Waals surface area contributed by atoms with Crippen LogP contribution in [0.4, 0.5) is 5.69 Å². The summed E-state index contributed by atoms with van der Waals surface area (Å²) in [6.45, 7) is 11.6. The highest BCUT2D eigenvalue weighted by atomic mass is 16.3. The van der Waals surface area contributed by atoms with Gasteiger partial charge in [-0.05, 0) is 67.9 Å². The smallest absolute Gasteiger partial charge is 0.0460 e. The SMILES string of the molecule is CC(C)(C)c1cccc(NCCCN2CCC(CO)CC2)c1. The zero-order valence-corrected chi connectivity index (χ0v) is 14.4. The second kappa shape index (κ2) is 7.98. The van der Waals surface area contributed by atoms with Crippen LogP contribution in [0.3, 0.4) is 0 Å². The van der Waals surface area contributed by atoms with Gasteiger partial charge in [-0.15, -0.1) is 0 Å². The van der Waals surface area contributed by atoms with Gasteiger partial charge in [-0.2, -0.15) is 0 Å². The summed E-state index contributed by atoms with van der Waals surface area (Å²) >= 11 is 0. The number of nitrogens with zero attached hydrogens (tertiary/aromatic N) is 1. The first-order valence-corrected chi connectivity index (χ1v) is 8.66. The molecular weight excluding hydrogens is 272 g/mol. The summed E-state index contributed by atoms with van der Waals surface area (Å²) in [5.74, 6) is 0.537. The molecule has 0 amide bonds. The van der Waals surface area contributed by atoms with Crippen molar-refractivity contribution < 1.29 is 5.11 Å². The molecule has 0 aromatic heterocycles. The molecular formula is C19H32N2O. The van der Waals surface area contributed by atoms with Gasteiger partial charge in [0.25, 0.3) is 0 Å². The van der Waals surface area contributed by atoms with Gasteiger partial charge >= 0.3 is 0 Å². The fraction of sp³-hybridized carbons (Fsp3) is 0.684. The van der Waals surface area contributed by atoms with E-state index in [4.69, 9.17) is 5.11 Å². The van der Waals surface area contributed by atoms with E-state index in [0.717, 1.165) is 39.0 Å². The van der Waals surface area contributed by atoms with Gasteiger partial charge in [-0.3, -0.25) is 0 Å². The van der Waals surface area contributed by atoms with Crippen LogP contribution in [0.1, 0.15) is 45.6 Å². The predicted molar refractivity (Wildman–Crippen MR) is 94.5 cm³/mol. The fourth-order valence-electron chi connectivity index (χ4n) is 3.02. The maximum atomic E-state index is 9.17. The highest BCUT2D eigenvalue weighted by molar-refractivity contribution is 5.47. The van der Waals surface area contributed by atoms with Crippen molar-refractivity contribution in [2.24, 2.45) is 5.92 Å². The van der Waals surface area contributed by atoms with E-state index in [9.17, 15) is 0 Å². The monoisotopic (exact) mass is 304 g/mol. The van der Waals surface area contributed by atoms with Gasteiger partial charge in [0.2, 0.25) is 0 Å². The normalized spacial score (nSPS) is 17.6. The van der Waals surface area contributed by atoms with Crippen molar-refractivity contribution in [3.8, 4) is 0 Å². The van der Waals surface area contributed by atoms with Crippen molar-refractivity contribution in [1.29, 1.82) is 0 Å². The minimum Gasteiger partial charge on any atom is -0.396 e. The summed E-state index contributed by atoms with van der Waals surface area (Å²) in [5, 5.41) is 12.7. The summed E-state index contributed by atoms with van der Waals surface area (Å²) in [5.41, 5.74) is 2.81. The van der Waals surface area contributed by atoms with E-state index in [1.54, 1.807) is 0 Å². The molecule has 1 aromatic rings. The molecule has 124 valence electrons. The third-order valence-electron chi connectivity index (χ3n) is 4.67. The molecule has 0 radical (unpaired) electrons. The third kappa shape index (κ3) is 5.29. The molecule has 2 N–H and O–H groups in total. The van der Waals surface area contributed by atoms with Crippen molar-refractivity contribution in [2.75, 3.05) is 38.1 Å². The number of hydrogen-bond acceptors (Lipinski definition) is 3. The Labute approximate surface area is 135 Å². The second-order valence-electron chi connectivity index (χ2n) is 7.58. The molecule has 1 fully saturated rings. The molecule has 3 heteroatoms. The van der Waals surface area contributed by atoms with Crippen molar-refractivity contribution >= 4 is 5.69 Å². The van der Waals surface area contributed by atoms with Gasteiger partial charge < -0.3 is 15.3 Å². The van der Waals surface area contributed by atoms with E-state index in [1.807, 2.05) is 0 Å². The van der Waals surface area contributed by atoms with E-state index < -0.39 is 0 Å². The molecule has 0 spiro atoms. The number of nitrogens with one attached hydrogen (secondary N) is 1. The number of anilines is 1. The van der Waals surface area contributed by atoms with Crippen LogP contribution in [0.25, 0.3) is 0 Å². The lowest BCUT2D eigenvalue weighted by Crippen LogP contribution is -2.35. The topological polar surface area (TPSA) is 35.5 Å². The van der Waals surface area contributed by atoms with Gasteiger partial charge in [0.15, 0.2) is 0 Å². The predicted octanol–water partition coefficient (Wildman–Crippen LogP) is 3.49. The molecule has 0 saturated carbocycles. The zero-order chi connectivity index (χ0) is 16.0. The van der Waals surface area contributed by atoms with E-state index in [0.29, 0.717) is 12.5 Å². The molecule has 0 atom stereocenters. The van der Waals surface area contributed by atoms with Gasteiger partial charge in [-0.25, -0.2) is 0 Å². The van der Waals surface area contributed by atoms with Crippen LogP contribution in [0.5, 0.6) is 0 Å². The average molecular weight is 304 g/mol. The van der Waals surface area contributed by atoms with Crippen LogP contribution in [-0.4, -0.2) is 42.8 Å². The summed E-state index contributed by atoms with van der Waals surface area (Å²) in [6.07, 6.45) is 3.47. The minimum absolute atomic E-state index is 0.203. The van der Waals surface area contributed by atoms with Crippen molar-refractivity contribution in [1.82, 2.24) is 4.90 Å². The van der Waals surface area contributed by atoms with Crippen LogP contribution >= 0.6 is 0 Å². The van der Waals surface area contributed by atoms with Crippen LogP contribution in [0, 0.1) is 5.92 Å². The van der Waals surface area contributed by atoms with Crippen molar-refractivity contribution in [2.45, 2.75) is 45.4 Å². The average Bonchev–Trinajstić information content (AvgIpc) is 2.52. The highest BCUT2D eigenvalue weighted by Crippen LogP contribution is 2.24. The molecule has 0 aliphatic carbocycles. The van der Waals surface area contributed by atoms with Crippen molar-refractivity contribution in [3.63, 3.8) is 0 Å². The van der Waals surface area contributed by atoms with Crippen LogP contribution < -0.4 is 5.32 Å². The first kappa shape index (κ1) is 17.3. The van der Waals surface area contributed by atoms with Gasteiger partial charge in [0, 0.05) is 18.8 Å². The third-order valence-corrected chi connectivity index (χ3v) is 4.67. The summed E-state index contributed by atoms with van der Waals surface area (Å²) in [4.78, 5) is 2.53. The Morgan fingerprint density at radius 2 is 1.95 bits per heavy atom. The van der Waals surface area contributed by atoms with Gasteiger partial charge in [0.1, 0.15) is 0 Å². The summed E-state index contributed by atoms with van der Waals surface area (Å²) in [7, 11) is 0. The molecule has 1 aliphatic rings. The van der Waals surface area contributed by atoms with Crippen molar-refractivity contribution in [3.05, 3.63) is 29.8 Å². The summed E-state index contributed by atoms with van der Waals surface area (Å²) in [6, 6.07) is 8.77. The number of rotatable bonds is 6. The molecule has 0 unspecified atom stereocenters.